The first-order valence-electron chi connectivity index (χ1n) is 3.73. The molecule has 5 N–H and O–H groups in total. The summed E-state index contributed by atoms with van der Waals surface area (Å²) >= 11 is 0. The number of hydrogen-bond acceptors (Lipinski definition) is 3. The van der Waals surface area contributed by atoms with Crippen molar-refractivity contribution < 1.29 is 97.1 Å². The van der Waals surface area contributed by atoms with Gasteiger partial charge in [0.2, 0.25) is 0 Å². The van der Waals surface area contributed by atoms with Crippen LogP contribution < -0.4 is 0 Å². The fourth-order valence-corrected chi connectivity index (χ4v) is 0. The molecule has 0 aromatic heterocycles. The van der Waals surface area contributed by atoms with Crippen LogP contribution in [0.4, 0.5) is 39.5 Å². The Morgan fingerprint density at radius 1 is 0.522 bits per heavy atom. The molecule has 0 spiro atoms. The molecule has 0 aromatic rings. The molecule has 0 bridgehead atoms. The average Bonchev–Trinajstić information content (AvgIpc) is 2.14. The molecular formula is C6H5AuF9O7. The smallest absolute Gasteiger partial charge is 0.475 e. The molecule has 0 aliphatic rings. The first-order chi connectivity index (χ1) is 8.83. The van der Waals surface area contributed by atoms with Gasteiger partial charge in [0.05, 0.1) is 0 Å². The largest absolute Gasteiger partial charge is 0.490 e. The Balaban J connectivity index is -0.0000000675. The van der Waals surface area contributed by atoms with Gasteiger partial charge in [0.15, 0.2) is 0 Å². The zero-order valence-corrected chi connectivity index (χ0v) is 11.9. The van der Waals surface area contributed by atoms with Crippen LogP contribution in [0.15, 0.2) is 0 Å². The zero-order valence-electron chi connectivity index (χ0n) is 9.77. The summed E-state index contributed by atoms with van der Waals surface area (Å²) in [7, 11) is 0. The molecule has 17 heteroatoms. The molecule has 1 radical (unpaired) electrons. The summed E-state index contributed by atoms with van der Waals surface area (Å²) in [4.78, 5) is 26.7. The van der Waals surface area contributed by atoms with E-state index in [0.717, 1.165) is 0 Å². The van der Waals surface area contributed by atoms with Crippen molar-refractivity contribution in [2.45, 2.75) is 18.5 Å². The Morgan fingerprint density at radius 2 is 0.565 bits per heavy atom. The molecule has 0 fully saturated rings. The van der Waals surface area contributed by atoms with Crippen molar-refractivity contribution in [1.29, 1.82) is 0 Å². The van der Waals surface area contributed by atoms with E-state index in [9.17, 15) is 39.5 Å². The van der Waals surface area contributed by atoms with Crippen molar-refractivity contribution in [2.75, 3.05) is 0 Å². The van der Waals surface area contributed by atoms with Gasteiger partial charge in [-0.2, -0.15) is 39.5 Å². The van der Waals surface area contributed by atoms with E-state index in [1.165, 1.54) is 0 Å². The van der Waals surface area contributed by atoms with Gasteiger partial charge in [0, 0.05) is 22.4 Å². The van der Waals surface area contributed by atoms with Crippen LogP contribution in [0.1, 0.15) is 0 Å². The Morgan fingerprint density at radius 3 is 0.565 bits per heavy atom. The second-order valence-corrected chi connectivity index (χ2v) is 2.41. The molecule has 0 saturated carbocycles. The van der Waals surface area contributed by atoms with E-state index in [1.807, 2.05) is 0 Å². The van der Waals surface area contributed by atoms with Crippen molar-refractivity contribution in [1.82, 2.24) is 0 Å². The molecule has 0 unspecified atom stereocenters. The summed E-state index contributed by atoms with van der Waals surface area (Å²) < 4.78 is 95.2. The minimum absolute atomic E-state index is 0. The summed E-state index contributed by atoms with van der Waals surface area (Å²) in [5, 5.41) is 21.4. The van der Waals surface area contributed by atoms with Crippen LogP contribution in [-0.2, 0) is 36.8 Å². The average molecular weight is 557 g/mol. The summed E-state index contributed by atoms with van der Waals surface area (Å²) in [6.07, 6.45) is -15.3. The van der Waals surface area contributed by atoms with Gasteiger partial charge in [-0.15, -0.1) is 0 Å². The molecule has 0 atom stereocenters. The van der Waals surface area contributed by atoms with Gasteiger partial charge in [-0.1, -0.05) is 0 Å². The summed E-state index contributed by atoms with van der Waals surface area (Å²) in [6, 6.07) is 0. The van der Waals surface area contributed by atoms with Crippen LogP contribution in [0.2, 0.25) is 0 Å². The van der Waals surface area contributed by atoms with Crippen LogP contribution in [0.5, 0.6) is 0 Å². The normalized spacial score (nSPS) is 10.3. The van der Waals surface area contributed by atoms with Crippen molar-refractivity contribution in [2.24, 2.45) is 0 Å². The van der Waals surface area contributed by atoms with Crippen molar-refractivity contribution in [3.05, 3.63) is 0 Å². The van der Waals surface area contributed by atoms with Crippen LogP contribution in [0.3, 0.4) is 0 Å². The molecule has 0 rings (SSSR count). The Labute approximate surface area is 134 Å². The van der Waals surface area contributed by atoms with Gasteiger partial charge in [0.1, 0.15) is 0 Å². The third kappa shape index (κ3) is 25.8. The number of rotatable bonds is 0. The van der Waals surface area contributed by atoms with E-state index in [0.29, 0.717) is 0 Å². The second-order valence-electron chi connectivity index (χ2n) is 2.41. The maximum atomic E-state index is 10.6. The van der Waals surface area contributed by atoms with E-state index in [-0.39, 0.29) is 27.9 Å². The Bertz CT molecular complexity index is 315. The predicted molar refractivity (Wildman–Crippen MR) is 44.7 cm³/mol. The van der Waals surface area contributed by atoms with Gasteiger partial charge in [-0.25, -0.2) is 14.4 Å². The topological polar surface area (TPSA) is 143 Å². The van der Waals surface area contributed by atoms with Crippen LogP contribution >= 0.6 is 0 Å². The number of carboxylic acids is 3. The molecule has 0 aliphatic carbocycles. The van der Waals surface area contributed by atoms with E-state index in [4.69, 9.17) is 29.7 Å². The van der Waals surface area contributed by atoms with Crippen LogP contribution in [-0.4, -0.2) is 57.2 Å². The third-order valence-electron chi connectivity index (χ3n) is 0.728. The first-order valence-corrected chi connectivity index (χ1v) is 3.73. The van der Waals surface area contributed by atoms with E-state index < -0.39 is 36.4 Å². The summed E-state index contributed by atoms with van der Waals surface area (Å²) in [6.45, 7) is 0. The number of hydrogen-bond donors (Lipinski definition) is 3. The molecule has 0 aromatic carbocycles. The van der Waals surface area contributed by atoms with Gasteiger partial charge < -0.3 is 20.8 Å². The first kappa shape index (κ1) is 33.2. The number of aliphatic carboxylic acids is 3. The summed E-state index contributed by atoms with van der Waals surface area (Å²) in [5.41, 5.74) is 0. The predicted octanol–water partition coefficient (Wildman–Crippen LogP) is 1.07. The number of carbonyl (C=O) groups is 3. The van der Waals surface area contributed by atoms with Crippen molar-refractivity contribution in [3.8, 4) is 0 Å². The summed E-state index contributed by atoms with van der Waals surface area (Å²) in [5.74, 6) is -8.27. The quantitative estimate of drug-likeness (QED) is 0.301. The molecule has 23 heavy (non-hydrogen) atoms. The standard InChI is InChI=1S/3C2HF3O2.Au.H2O/c3*3-2(4,5)1(6)7;;/h3*(H,6,7);;1H2. The third-order valence-corrected chi connectivity index (χ3v) is 0.728. The maximum Gasteiger partial charge on any atom is 0.490 e. The van der Waals surface area contributed by atoms with E-state index >= 15 is 0 Å². The van der Waals surface area contributed by atoms with Crippen molar-refractivity contribution >= 4 is 17.9 Å². The maximum absolute atomic E-state index is 10.6. The SMILES string of the molecule is O.O=C(O)C(F)(F)F.O=C(O)C(F)(F)F.O=C(O)C(F)(F)F.[Au]. The Kier molecular flexibility index (Phi) is 17.3. The minimum atomic E-state index is -5.08. The van der Waals surface area contributed by atoms with Crippen LogP contribution in [0, 0.1) is 0 Å². The number of carboxylic acid groups (broad SMARTS) is 3. The van der Waals surface area contributed by atoms with E-state index in [2.05, 4.69) is 0 Å². The number of alkyl halides is 9. The van der Waals surface area contributed by atoms with Gasteiger partial charge in [-0.3, -0.25) is 0 Å². The minimum Gasteiger partial charge on any atom is -0.475 e. The monoisotopic (exact) mass is 557 g/mol. The Hall–Kier alpha value is -1.52. The molecule has 0 amide bonds. The molecule has 7 nitrogen and oxygen atoms in total. The van der Waals surface area contributed by atoms with Crippen molar-refractivity contribution in [3.63, 3.8) is 0 Å². The molecular weight excluding hydrogens is 552 g/mol. The molecule has 0 aliphatic heterocycles. The van der Waals surface area contributed by atoms with Gasteiger partial charge in [-0.05, 0) is 0 Å². The van der Waals surface area contributed by atoms with E-state index in [1.54, 1.807) is 0 Å². The van der Waals surface area contributed by atoms with Crippen LogP contribution in [0.25, 0.3) is 0 Å². The number of halogens is 9. The zero-order chi connectivity index (χ0) is 18.2. The fraction of sp³-hybridized carbons (Fsp3) is 0.500. The van der Waals surface area contributed by atoms with Gasteiger partial charge in [0.25, 0.3) is 0 Å². The molecule has 0 heterocycles. The fourth-order valence-electron chi connectivity index (χ4n) is 0. The van der Waals surface area contributed by atoms with Gasteiger partial charge >= 0.3 is 36.4 Å². The molecule has 145 valence electrons. The second kappa shape index (κ2) is 12.0. The molecule has 0 saturated heterocycles.